The van der Waals surface area contributed by atoms with Gasteiger partial charge in [0.05, 0.1) is 25.1 Å². The minimum Gasteiger partial charge on any atom is -1.00 e. The molecule has 0 atom stereocenters. The number of carboxylic acid groups (broad SMARTS) is 1. The van der Waals surface area contributed by atoms with Crippen molar-refractivity contribution in [2.45, 2.75) is 0 Å². The van der Waals surface area contributed by atoms with Gasteiger partial charge in [-0.25, -0.2) is 0 Å². The van der Waals surface area contributed by atoms with Crippen LogP contribution in [-0.2, 0) is 0 Å². The molecule has 0 aliphatic rings. The van der Waals surface area contributed by atoms with Crippen LogP contribution < -0.4 is 27.0 Å². The molecule has 0 amide bonds. The Morgan fingerprint density at radius 2 is 1.76 bits per heavy atom. The van der Waals surface area contributed by atoms with Gasteiger partial charge in [-0.05, 0) is 0 Å². The standard InChI is InChI=1S/C9H9NO6.ClH/c1-15-7-4-8(16-2)6(10(13)14)3-5(7)9(11)12;/h3-4H,1-2H3,(H,11,12);1H/p-2. The van der Waals surface area contributed by atoms with Crippen molar-refractivity contribution in [1.82, 2.24) is 0 Å². The fourth-order valence-electron chi connectivity index (χ4n) is 1.18. The Kier molecular flexibility index (Phi) is 5.20. The van der Waals surface area contributed by atoms with E-state index in [9.17, 15) is 20.0 Å². The molecule has 0 unspecified atom stereocenters. The van der Waals surface area contributed by atoms with Crippen molar-refractivity contribution >= 4 is 11.7 Å². The maximum atomic E-state index is 10.7. The van der Waals surface area contributed by atoms with E-state index >= 15 is 0 Å². The fraction of sp³-hybridized carbons (Fsp3) is 0.222. The van der Waals surface area contributed by atoms with Crippen LogP contribution in [-0.4, -0.2) is 25.1 Å². The molecule has 0 aliphatic heterocycles. The quantitative estimate of drug-likeness (QED) is 0.422. The first-order valence-electron chi connectivity index (χ1n) is 4.13. The second-order valence-corrected chi connectivity index (χ2v) is 2.77. The van der Waals surface area contributed by atoms with E-state index in [2.05, 4.69) is 0 Å². The number of aromatic carboxylic acids is 1. The first-order chi connectivity index (χ1) is 7.51. The van der Waals surface area contributed by atoms with Crippen LogP contribution in [0.4, 0.5) is 5.69 Å². The molecule has 0 radical (unpaired) electrons. The molecular formula is C9H8ClNO6-2. The lowest BCUT2D eigenvalue weighted by molar-refractivity contribution is -0.385. The highest BCUT2D eigenvalue weighted by Gasteiger charge is 2.19. The summed E-state index contributed by atoms with van der Waals surface area (Å²) in [5.74, 6) is -1.68. The molecule has 0 bridgehead atoms. The molecule has 1 rings (SSSR count). The van der Waals surface area contributed by atoms with Crippen molar-refractivity contribution in [2.24, 2.45) is 0 Å². The maximum Gasteiger partial charge on any atom is 0.311 e. The van der Waals surface area contributed by atoms with Crippen LogP contribution in [0.15, 0.2) is 12.1 Å². The van der Waals surface area contributed by atoms with E-state index in [1.54, 1.807) is 0 Å². The SMILES string of the molecule is COc1cc(OC)c([N+](=O)[O-])cc1C(=O)[O-].[Cl-]. The number of hydrogen-bond donors (Lipinski definition) is 0. The molecule has 94 valence electrons. The number of carboxylic acids is 1. The van der Waals surface area contributed by atoms with Gasteiger partial charge in [-0.15, -0.1) is 0 Å². The van der Waals surface area contributed by atoms with E-state index in [0.717, 1.165) is 12.1 Å². The number of carbonyl (C=O) groups is 1. The van der Waals surface area contributed by atoms with Crippen molar-refractivity contribution in [3.63, 3.8) is 0 Å². The summed E-state index contributed by atoms with van der Waals surface area (Å²) in [6, 6.07) is 1.97. The van der Waals surface area contributed by atoms with Gasteiger partial charge in [0.2, 0.25) is 5.75 Å². The molecule has 1 aromatic rings. The van der Waals surface area contributed by atoms with Gasteiger partial charge >= 0.3 is 5.69 Å². The third kappa shape index (κ3) is 2.97. The number of nitrogens with zero attached hydrogens (tertiary/aromatic N) is 1. The lowest BCUT2D eigenvalue weighted by atomic mass is 10.1. The average molecular weight is 262 g/mol. The van der Waals surface area contributed by atoms with Gasteiger partial charge in [-0.3, -0.25) is 10.1 Å². The van der Waals surface area contributed by atoms with Crippen LogP contribution in [0.5, 0.6) is 11.5 Å². The lowest BCUT2D eigenvalue weighted by Crippen LogP contribution is -3.00. The Balaban J connectivity index is 0.00000256. The second-order valence-electron chi connectivity index (χ2n) is 2.77. The van der Waals surface area contributed by atoms with Crippen molar-refractivity contribution < 1.29 is 36.7 Å². The molecule has 1 aromatic carbocycles. The monoisotopic (exact) mass is 261 g/mol. The first kappa shape index (κ1) is 15.0. The summed E-state index contributed by atoms with van der Waals surface area (Å²) in [6.07, 6.45) is 0. The number of halogens is 1. The van der Waals surface area contributed by atoms with E-state index in [0.29, 0.717) is 0 Å². The average Bonchev–Trinajstić information content (AvgIpc) is 2.26. The fourth-order valence-corrected chi connectivity index (χ4v) is 1.18. The highest BCUT2D eigenvalue weighted by Crippen LogP contribution is 2.33. The molecular weight excluding hydrogens is 254 g/mol. The molecule has 7 nitrogen and oxygen atoms in total. The Morgan fingerprint density at radius 3 is 2.12 bits per heavy atom. The van der Waals surface area contributed by atoms with Crippen LogP contribution in [0.1, 0.15) is 10.4 Å². The smallest absolute Gasteiger partial charge is 0.311 e. The van der Waals surface area contributed by atoms with Gasteiger partial charge in [0.15, 0.2) is 0 Å². The van der Waals surface area contributed by atoms with E-state index in [4.69, 9.17) is 9.47 Å². The summed E-state index contributed by atoms with van der Waals surface area (Å²) >= 11 is 0. The number of hydrogen-bond acceptors (Lipinski definition) is 6. The van der Waals surface area contributed by atoms with Gasteiger partial charge in [0.1, 0.15) is 5.75 Å². The topological polar surface area (TPSA) is 102 Å². The van der Waals surface area contributed by atoms with E-state index in [-0.39, 0.29) is 23.9 Å². The van der Waals surface area contributed by atoms with Gasteiger partial charge in [-0.1, -0.05) is 0 Å². The molecule has 0 saturated heterocycles. The second kappa shape index (κ2) is 5.90. The summed E-state index contributed by atoms with van der Waals surface area (Å²) in [4.78, 5) is 20.6. The Labute approximate surface area is 103 Å². The molecule has 17 heavy (non-hydrogen) atoms. The van der Waals surface area contributed by atoms with Crippen LogP contribution >= 0.6 is 0 Å². The van der Waals surface area contributed by atoms with Crippen LogP contribution in [0, 0.1) is 10.1 Å². The van der Waals surface area contributed by atoms with Crippen molar-refractivity contribution in [3.05, 3.63) is 27.8 Å². The predicted molar refractivity (Wildman–Crippen MR) is 50.5 cm³/mol. The van der Waals surface area contributed by atoms with Crippen molar-refractivity contribution in [3.8, 4) is 11.5 Å². The summed E-state index contributed by atoms with van der Waals surface area (Å²) in [5.41, 5.74) is -0.850. The number of ether oxygens (including phenoxy) is 2. The number of benzene rings is 1. The number of carbonyl (C=O) groups excluding carboxylic acids is 1. The maximum absolute atomic E-state index is 10.7. The third-order valence-corrected chi connectivity index (χ3v) is 1.92. The van der Waals surface area contributed by atoms with Gasteiger partial charge < -0.3 is 31.8 Å². The molecule has 0 spiro atoms. The molecule has 0 fully saturated rings. The summed E-state index contributed by atoms with van der Waals surface area (Å²) in [7, 11) is 2.48. The Bertz CT molecular complexity index is 410. The molecule has 0 heterocycles. The summed E-state index contributed by atoms with van der Waals surface area (Å²) in [6.45, 7) is 0. The van der Waals surface area contributed by atoms with E-state index < -0.39 is 22.1 Å². The van der Waals surface area contributed by atoms with Crippen molar-refractivity contribution in [1.29, 1.82) is 0 Å². The largest absolute Gasteiger partial charge is 1.00 e. The number of rotatable bonds is 4. The minimum absolute atomic E-state index is 0. The number of nitro benzene ring substituents is 1. The van der Waals surface area contributed by atoms with Gasteiger partial charge in [-0.2, -0.15) is 0 Å². The molecule has 0 aliphatic carbocycles. The van der Waals surface area contributed by atoms with Crippen LogP contribution in [0.3, 0.4) is 0 Å². The van der Waals surface area contributed by atoms with E-state index in [1.807, 2.05) is 0 Å². The summed E-state index contributed by atoms with van der Waals surface area (Å²) in [5, 5.41) is 21.3. The molecule has 0 saturated carbocycles. The Morgan fingerprint density at radius 1 is 1.24 bits per heavy atom. The van der Waals surface area contributed by atoms with Gasteiger partial charge in [0, 0.05) is 17.7 Å². The third-order valence-electron chi connectivity index (χ3n) is 1.92. The summed E-state index contributed by atoms with van der Waals surface area (Å²) < 4.78 is 9.51. The van der Waals surface area contributed by atoms with Gasteiger partial charge in [0.25, 0.3) is 0 Å². The van der Waals surface area contributed by atoms with Crippen molar-refractivity contribution in [2.75, 3.05) is 14.2 Å². The highest BCUT2D eigenvalue weighted by atomic mass is 35.5. The zero-order valence-corrected chi connectivity index (χ0v) is 9.69. The first-order valence-corrected chi connectivity index (χ1v) is 4.13. The number of nitro groups is 1. The zero-order chi connectivity index (χ0) is 12.3. The minimum atomic E-state index is -1.55. The lowest BCUT2D eigenvalue weighted by Gasteiger charge is -2.11. The predicted octanol–water partition coefficient (Wildman–Crippen LogP) is -3.02. The van der Waals surface area contributed by atoms with Crippen LogP contribution in [0.2, 0.25) is 0 Å². The molecule has 8 heteroatoms. The normalized spacial score (nSPS) is 9.06. The zero-order valence-electron chi connectivity index (χ0n) is 8.93. The molecule has 0 N–H and O–H groups in total. The van der Waals surface area contributed by atoms with E-state index in [1.165, 1.54) is 14.2 Å². The Hall–Kier alpha value is -2.02. The molecule has 0 aromatic heterocycles. The highest BCUT2D eigenvalue weighted by molar-refractivity contribution is 5.90. The van der Waals surface area contributed by atoms with Crippen LogP contribution in [0.25, 0.3) is 0 Å². The number of methoxy groups -OCH3 is 2.